The summed E-state index contributed by atoms with van der Waals surface area (Å²) >= 11 is 0. The van der Waals surface area contributed by atoms with Crippen molar-refractivity contribution in [1.82, 2.24) is 10.3 Å². The largest absolute Gasteiger partial charge is 0.481 e. The zero-order chi connectivity index (χ0) is 13.7. The molecule has 1 amide bonds. The van der Waals surface area contributed by atoms with Gasteiger partial charge in [0.05, 0.1) is 12.8 Å². The summed E-state index contributed by atoms with van der Waals surface area (Å²) in [7, 11) is 1.58. The summed E-state index contributed by atoms with van der Waals surface area (Å²) in [4.78, 5) is 14.7. The average Bonchev–Trinajstić information content (AvgIpc) is 2.45. The Kier molecular flexibility index (Phi) is 3.97. The Bertz CT molecular complexity index is 567. The van der Waals surface area contributed by atoms with Gasteiger partial charge in [-0.2, -0.15) is 0 Å². The Morgan fingerprint density at radius 1 is 1.26 bits per heavy atom. The van der Waals surface area contributed by atoms with Crippen LogP contribution in [0.15, 0.2) is 42.5 Å². The summed E-state index contributed by atoms with van der Waals surface area (Å²) in [5.74, 6) is 0.564. The topological polar surface area (TPSA) is 71.5 Å². The number of pyridine rings is 1. The standard InChI is InChI=1S/C14H14N2O3/c1-19-13-4-2-3-12(16-13)11-7-5-10(6-8-11)9-15-14(17)18/h2-8,15H,9H2,1H3,(H,17,18). The van der Waals surface area contributed by atoms with Gasteiger partial charge in [-0.25, -0.2) is 9.78 Å². The highest BCUT2D eigenvalue weighted by Gasteiger charge is 2.02. The third-order valence-electron chi connectivity index (χ3n) is 2.63. The molecule has 1 aromatic carbocycles. The van der Waals surface area contributed by atoms with Crippen LogP contribution in [0.4, 0.5) is 4.79 Å². The molecule has 0 fully saturated rings. The van der Waals surface area contributed by atoms with Gasteiger partial charge in [0, 0.05) is 18.2 Å². The molecule has 0 aliphatic heterocycles. The number of ether oxygens (including phenoxy) is 1. The molecule has 0 saturated heterocycles. The van der Waals surface area contributed by atoms with Crippen molar-refractivity contribution in [2.75, 3.05) is 7.11 Å². The molecular formula is C14H14N2O3. The minimum Gasteiger partial charge on any atom is -0.481 e. The van der Waals surface area contributed by atoms with Crippen molar-refractivity contribution >= 4 is 6.09 Å². The Hall–Kier alpha value is -2.56. The molecule has 0 atom stereocenters. The fourth-order valence-corrected chi connectivity index (χ4v) is 1.66. The van der Waals surface area contributed by atoms with E-state index < -0.39 is 6.09 Å². The molecule has 2 N–H and O–H groups in total. The molecule has 0 bridgehead atoms. The number of nitrogens with one attached hydrogen (secondary N) is 1. The van der Waals surface area contributed by atoms with E-state index in [1.54, 1.807) is 13.2 Å². The number of hydrogen-bond donors (Lipinski definition) is 2. The molecule has 0 spiro atoms. The van der Waals surface area contributed by atoms with Crippen molar-refractivity contribution in [3.8, 4) is 17.1 Å². The predicted octanol–water partition coefficient (Wildman–Crippen LogP) is 2.52. The van der Waals surface area contributed by atoms with Gasteiger partial charge in [-0.3, -0.25) is 0 Å². The maximum absolute atomic E-state index is 10.4. The fourth-order valence-electron chi connectivity index (χ4n) is 1.66. The van der Waals surface area contributed by atoms with Gasteiger partial charge in [0.15, 0.2) is 0 Å². The minimum absolute atomic E-state index is 0.293. The maximum Gasteiger partial charge on any atom is 0.404 e. The third kappa shape index (κ3) is 3.45. The van der Waals surface area contributed by atoms with E-state index >= 15 is 0 Å². The van der Waals surface area contributed by atoms with Gasteiger partial charge in [0.25, 0.3) is 0 Å². The van der Waals surface area contributed by atoms with E-state index in [9.17, 15) is 4.79 Å². The van der Waals surface area contributed by atoms with E-state index in [0.29, 0.717) is 12.4 Å². The van der Waals surface area contributed by atoms with E-state index in [2.05, 4.69) is 10.3 Å². The van der Waals surface area contributed by atoms with Crippen molar-refractivity contribution in [2.45, 2.75) is 6.54 Å². The Labute approximate surface area is 110 Å². The van der Waals surface area contributed by atoms with Crippen LogP contribution in [0.1, 0.15) is 5.56 Å². The van der Waals surface area contributed by atoms with Crippen LogP contribution in [0.25, 0.3) is 11.3 Å². The number of hydrogen-bond acceptors (Lipinski definition) is 3. The Balaban J connectivity index is 2.15. The molecule has 19 heavy (non-hydrogen) atoms. The second-order valence-electron chi connectivity index (χ2n) is 3.92. The molecular weight excluding hydrogens is 244 g/mol. The van der Waals surface area contributed by atoms with Crippen molar-refractivity contribution in [2.24, 2.45) is 0 Å². The number of carboxylic acid groups (broad SMARTS) is 1. The molecule has 0 unspecified atom stereocenters. The normalized spacial score (nSPS) is 9.95. The molecule has 2 rings (SSSR count). The SMILES string of the molecule is COc1cccc(-c2ccc(CNC(=O)O)cc2)n1. The van der Waals surface area contributed by atoms with Crippen LogP contribution >= 0.6 is 0 Å². The first-order chi connectivity index (χ1) is 9.19. The van der Waals surface area contributed by atoms with Gasteiger partial charge >= 0.3 is 6.09 Å². The lowest BCUT2D eigenvalue weighted by atomic mass is 10.1. The molecule has 5 nitrogen and oxygen atoms in total. The lowest BCUT2D eigenvalue weighted by Gasteiger charge is -2.05. The number of amides is 1. The second-order valence-corrected chi connectivity index (χ2v) is 3.92. The van der Waals surface area contributed by atoms with Gasteiger partial charge < -0.3 is 15.2 Å². The molecule has 0 aliphatic carbocycles. The number of carbonyl (C=O) groups is 1. The number of aromatic nitrogens is 1. The van der Waals surface area contributed by atoms with Gasteiger partial charge in [0.1, 0.15) is 0 Å². The molecule has 0 radical (unpaired) electrons. The van der Waals surface area contributed by atoms with Crippen molar-refractivity contribution < 1.29 is 14.6 Å². The highest BCUT2D eigenvalue weighted by atomic mass is 16.5. The van der Waals surface area contributed by atoms with Crippen molar-refractivity contribution in [1.29, 1.82) is 0 Å². The Morgan fingerprint density at radius 3 is 2.63 bits per heavy atom. The molecule has 0 aliphatic rings. The highest BCUT2D eigenvalue weighted by Crippen LogP contribution is 2.20. The summed E-state index contributed by atoms with van der Waals surface area (Å²) in [6, 6.07) is 13.1. The van der Waals surface area contributed by atoms with Crippen LogP contribution in [0, 0.1) is 0 Å². The average molecular weight is 258 g/mol. The minimum atomic E-state index is -1.03. The number of rotatable bonds is 4. The van der Waals surface area contributed by atoms with Crippen LogP contribution < -0.4 is 10.1 Å². The van der Waals surface area contributed by atoms with E-state index in [-0.39, 0.29) is 0 Å². The fraction of sp³-hybridized carbons (Fsp3) is 0.143. The van der Waals surface area contributed by atoms with Gasteiger partial charge in [-0.1, -0.05) is 30.3 Å². The quantitative estimate of drug-likeness (QED) is 0.884. The van der Waals surface area contributed by atoms with Gasteiger partial charge in [-0.05, 0) is 11.6 Å². The number of benzene rings is 1. The molecule has 2 aromatic rings. The molecule has 1 heterocycles. The molecule has 98 valence electrons. The summed E-state index contributed by atoms with van der Waals surface area (Å²) in [5, 5.41) is 10.9. The van der Waals surface area contributed by atoms with Crippen LogP contribution in [0.3, 0.4) is 0 Å². The monoisotopic (exact) mass is 258 g/mol. The first-order valence-electron chi connectivity index (χ1n) is 5.76. The molecule has 0 saturated carbocycles. The predicted molar refractivity (Wildman–Crippen MR) is 71.1 cm³/mol. The van der Waals surface area contributed by atoms with Gasteiger partial charge in [-0.15, -0.1) is 0 Å². The first-order valence-corrected chi connectivity index (χ1v) is 5.76. The zero-order valence-electron chi connectivity index (χ0n) is 10.5. The lowest BCUT2D eigenvalue weighted by molar-refractivity contribution is 0.194. The lowest BCUT2D eigenvalue weighted by Crippen LogP contribution is -2.19. The summed E-state index contributed by atoms with van der Waals surface area (Å²) in [6.45, 7) is 0.293. The van der Waals surface area contributed by atoms with E-state index in [1.807, 2.05) is 36.4 Å². The molecule has 1 aromatic heterocycles. The number of methoxy groups -OCH3 is 1. The van der Waals surface area contributed by atoms with E-state index in [0.717, 1.165) is 16.8 Å². The van der Waals surface area contributed by atoms with Gasteiger partial charge in [0.2, 0.25) is 5.88 Å². The van der Waals surface area contributed by atoms with Crippen LogP contribution in [0.2, 0.25) is 0 Å². The number of nitrogens with zero attached hydrogens (tertiary/aromatic N) is 1. The first kappa shape index (κ1) is 12.9. The summed E-state index contributed by atoms with van der Waals surface area (Å²) in [5.41, 5.74) is 2.67. The van der Waals surface area contributed by atoms with Crippen molar-refractivity contribution in [3.63, 3.8) is 0 Å². The van der Waals surface area contributed by atoms with Crippen LogP contribution in [0.5, 0.6) is 5.88 Å². The summed E-state index contributed by atoms with van der Waals surface area (Å²) < 4.78 is 5.08. The van der Waals surface area contributed by atoms with Crippen LogP contribution in [-0.4, -0.2) is 23.3 Å². The van der Waals surface area contributed by atoms with Crippen LogP contribution in [-0.2, 0) is 6.54 Å². The molecule has 5 heteroatoms. The highest BCUT2D eigenvalue weighted by molar-refractivity contribution is 5.64. The maximum atomic E-state index is 10.4. The zero-order valence-corrected chi connectivity index (χ0v) is 10.5. The van der Waals surface area contributed by atoms with Crippen molar-refractivity contribution in [3.05, 3.63) is 48.0 Å². The second kappa shape index (κ2) is 5.86. The Morgan fingerprint density at radius 2 is 2.00 bits per heavy atom. The third-order valence-corrected chi connectivity index (χ3v) is 2.63. The van der Waals surface area contributed by atoms with E-state index in [4.69, 9.17) is 9.84 Å². The summed E-state index contributed by atoms with van der Waals surface area (Å²) in [6.07, 6.45) is -1.03. The smallest absolute Gasteiger partial charge is 0.404 e. The van der Waals surface area contributed by atoms with E-state index in [1.165, 1.54) is 0 Å².